The van der Waals surface area contributed by atoms with E-state index in [0.29, 0.717) is 0 Å². The number of hydrogen-bond donors (Lipinski definition) is 0. The highest BCUT2D eigenvalue weighted by molar-refractivity contribution is 7.26. The molecule has 3 heterocycles. The van der Waals surface area contributed by atoms with Crippen molar-refractivity contribution in [3.8, 4) is 30.6 Å². The second-order valence-electron chi connectivity index (χ2n) is 5.11. The zero-order chi connectivity index (χ0) is 16.5. The van der Waals surface area contributed by atoms with E-state index in [4.69, 9.17) is 0 Å². The van der Waals surface area contributed by atoms with Gasteiger partial charge in [0.05, 0.1) is 9.80 Å². The van der Waals surface area contributed by atoms with Gasteiger partial charge in [0.25, 0.3) is 5.69 Å². The van der Waals surface area contributed by atoms with Gasteiger partial charge in [0.1, 0.15) is 0 Å². The summed E-state index contributed by atoms with van der Waals surface area (Å²) in [6.07, 6.45) is 0. The summed E-state index contributed by atoms with van der Waals surface area (Å²) in [7, 11) is 0. The summed E-state index contributed by atoms with van der Waals surface area (Å²) in [5.41, 5.74) is 2.24. The molecular weight excluding hydrogens is 358 g/mol. The van der Waals surface area contributed by atoms with Crippen LogP contribution in [-0.4, -0.2) is 4.92 Å². The van der Waals surface area contributed by atoms with Gasteiger partial charge in [-0.2, -0.15) is 0 Å². The maximum Gasteiger partial charge on any atom is 0.269 e. The number of nitro benzene ring substituents is 1. The van der Waals surface area contributed by atoms with E-state index in [2.05, 4.69) is 35.0 Å². The molecule has 24 heavy (non-hydrogen) atoms. The summed E-state index contributed by atoms with van der Waals surface area (Å²) in [4.78, 5) is 15.4. The van der Waals surface area contributed by atoms with Crippen molar-refractivity contribution in [1.29, 1.82) is 0 Å². The first kappa shape index (κ1) is 15.3. The summed E-state index contributed by atoms with van der Waals surface area (Å²) in [6, 6.07) is 17.3. The van der Waals surface area contributed by atoms with Crippen molar-refractivity contribution >= 4 is 39.7 Å². The number of benzene rings is 1. The molecule has 0 aliphatic rings. The maximum absolute atomic E-state index is 10.9. The second-order valence-corrected chi connectivity index (χ2v) is 8.06. The van der Waals surface area contributed by atoms with Crippen molar-refractivity contribution < 1.29 is 4.92 Å². The molecule has 0 aliphatic carbocycles. The Balaban J connectivity index is 1.85. The van der Waals surface area contributed by atoms with E-state index in [0.717, 1.165) is 11.1 Å². The number of nitro groups is 1. The highest BCUT2D eigenvalue weighted by Crippen LogP contribution is 2.45. The van der Waals surface area contributed by atoms with E-state index in [1.54, 1.807) is 46.1 Å². The highest BCUT2D eigenvalue weighted by Gasteiger charge is 2.16. The van der Waals surface area contributed by atoms with Crippen LogP contribution in [0.5, 0.6) is 0 Å². The molecule has 0 bridgehead atoms. The molecule has 0 fully saturated rings. The summed E-state index contributed by atoms with van der Waals surface area (Å²) < 4.78 is 0. The Morgan fingerprint density at radius 1 is 0.833 bits per heavy atom. The van der Waals surface area contributed by atoms with Crippen LogP contribution < -0.4 is 0 Å². The van der Waals surface area contributed by atoms with Gasteiger partial charge in [0, 0.05) is 32.3 Å². The van der Waals surface area contributed by atoms with Crippen molar-refractivity contribution in [3.63, 3.8) is 0 Å². The molecule has 1 aromatic carbocycles. The average Bonchev–Trinajstić information content (AvgIpc) is 3.33. The lowest BCUT2D eigenvalue weighted by Crippen LogP contribution is -1.87. The quantitative estimate of drug-likeness (QED) is 0.294. The van der Waals surface area contributed by atoms with E-state index in [-0.39, 0.29) is 10.6 Å². The smallest absolute Gasteiger partial charge is 0.258 e. The van der Waals surface area contributed by atoms with Crippen LogP contribution in [0.25, 0.3) is 30.6 Å². The van der Waals surface area contributed by atoms with Crippen LogP contribution in [0, 0.1) is 10.1 Å². The summed E-state index contributed by atoms with van der Waals surface area (Å²) in [6.45, 7) is 0. The fourth-order valence-electron chi connectivity index (χ4n) is 2.50. The normalized spacial score (nSPS) is 10.8. The first-order chi connectivity index (χ1) is 11.7. The first-order valence-electron chi connectivity index (χ1n) is 7.19. The standard InChI is InChI=1S/C18H11NO2S3/c20-19(21)13-7-5-12(6-8-13)14-11-17(15-3-1-9-22-15)24-18(14)16-4-2-10-23-16/h1-11H. The van der Waals surface area contributed by atoms with Gasteiger partial charge < -0.3 is 0 Å². The van der Waals surface area contributed by atoms with Crippen LogP contribution in [-0.2, 0) is 0 Å². The fourth-order valence-corrected chi connectivity index (χ4v) is 5.37. The van der Waals surface area contributed by atoms with Crippen LogP contribution in [0.2, 0.25) is 0 Å². The number of thiophene rings is 3. The zero-order valence-corrected chi connectivity index (χ0v) is 14.8. The Morgan fingerprint density at radius 2 is 1.50 bits per heavy atom. The van der Waals surface area contributed by atoms with Crippen molar-refractivity contribution in [3.05, 3.63) is 75.5 Å². The molecule has 3 nitrogen and oxygen atoms in total. The minimum atomic E-state index is -0.366. The van der Waals surface area contributed by atoms with E-state index in [1.165, 1.54) is 19.5 Å². The molecule has 118 valence electrons. The molecule has 0 amide bonds. The number of nitrogens with zero attached hydrogens (tertiary/aromatic N) is 1. The Bertz CT molecular complexity index is 968. The van der Waals surface area contributed by atoms with Gasteiger partial charge in [-0.1, -0.05) is 12.1 Å². The van der Waals surface area contributed by atoms with E-state index in [1.807, 2.05) is 18.2 Å². The lowest BCUT2D eigenvalue weighted by atomic mass is 10.0. The molecule has 0 saturated carbocycles. The molecule has 0 radical (unpaired) electrons. The largest absolute Gasteiger partial charge is 0.269 e. The van der Waals surface area contributed by atoms with Crippen LogP contribution in [0.4, 0.5) is 5.69 Å². The van der Waals surface area contributed by atoms with Crippen molar-refractivity contribution in [2.45, 2.75) is 0 Å². The molecule has 3 aromatic heterocycles. The number of hydrogen-bond acceptors (Lipinski definition) is 5. The van der Waals surface area contributed by atoms with Crippen LogP contribution >= 0.6 is 34.0 Å². The highest BCUT2D eigenvalue weighted by atomic mass is 32.1. The first-order valence-corrected chi connectivity index (χ1v) is 9.76. The lowest BCUT2D eigenvalue weighted by molar-refractivity contribution is -0.384. The maximum atomic E-state index is 10.9. The Kier molecular flexibility index (Phi) is 4.02. The Labute approximate surface area is 150 Å². The van der Waals surface area contributed by atoms with Gasteiger partial charge in [0.2, 0.25) is 0 Å². The molecule has 0 unspecified atom stereocenters. The molecule has 0 aliphatic heterocycles. The predicted molar refractivity (Wildman–Crippen MR) is 103 cm³/mol. The topological polar surface area (TPSA) is 43.1 Å². The third-order valence-corrected chi connectivity index (χ3v) is 6.88. The summed E-state index contributed by atoms with van der Waals surface area (Å²) >= 11 is 5.20. The SMILES string of the molecule is O=[N+]([O-])c1ccc(-c2cc(-c3cccs3)sc2-c2cccs2)cc1. The molecule has 6 heteroatoms. The average molecular weight is 369 g/mol. The van der Waals surface area contributed by atoms with Crippen molar-refractivity contribution in [2.75, 3.05) is 0 Å². The van der Waals surface area contributed by atoms with Crippen LogP contribution in [0.15, 0.2) is 65.4 Å². The predicted octanol–water partition coefficient (Wildman–Crippen LogP) is 6.78. The van der Waals surface area contributed by atoms with E-state index >= 15 is 0 Å². The molecule has 0 atom stereocenters. The molecule has 4 aromatic rings. The van der Waals surface area contributed by atoms with E-state index < -0.39 is 0 Å². The summed E-state index contributed by atoms with van der Waals surface area (Å²) in [5, 5.41) is 15.0. The summed E-state index contributed by atoms with van der Waals surface area (Å²) in [5.74, 6) is 0. The third-order valence-electron chi connectivity index (χ3n) is 3.63. The minimum absolute atomic E-state index is 0.116. The van der Waals surface area contributed by atoms with E-state index in [9.17, 15) is 10.1 Å². The number of non-ortho nitro benzene ring substituents is 1. The van der Waals surface area contributed by atoms with Gasteiger partial charge in [-0.3, -0.25) is 10.1 Å². The molecule has 0 saturated heterocycles. The van der Waals surface area contributed by atoms with Crippen LogP contribution in [0.1, 0.15) is 0 Å². The van der Waals surface area contributed by atoms with Gasteiger partial charge in [-0.05, 0) is 46.7 Å². The van der Waals surface area contributed by atoms with Crippen LogP contribution in [0.3, 0.4) is 0 Å². The van der Waals surface area contributed by atoms with Gasteiger partial charge >= 0.3 is 0 Å². The third kappa shape index (κ3) is 2.80. The van der Waals surface area contributed by atoms with Gasteiger partial charge in [-0.25, -0.2) is 0 Å². The minimum Gasteiger partial charge on any atom is -0.258 e. The van der Waals surface area contributed by atoms with Crippen molar-refractivity contribution in [1.82, 2.24) is 0 Å². The van der Waals surface area contributed by atoms with Gasteiger partial charge in [-0.15, -0.1) is 34.0 Å². The Hall–Kier alpha value is -2.28. The molecule has 4 rings (SSSR count). The van der Waals surface area contributed by atoms with Gasteiger partial charge in [0.15, 0.2) is 0 Å². The fraction of sp³-hybridized carbons (Fsp3) is 0. The molecule has 0 N–H and O–H groups in total. The lowest BCUT2D eigenvalue weighted by Gasteiger charge is -2.02. The Morgan fingerprint density at radius 3 is 2.08 bits per heavy atom. The molecular formula is C18H11NO2S3. The van der Waals surface area contributed by atoms with Crippen molar-refractivity contribution in [2.24, 2.45) is 0 Å². The zero-order valence-electron chi connectivity index (χ0n) is 12.3. The molecule has 0 spiro atoms. The second kappa shape index (κ2) is 6.32. The monoisotopic (exact) mass is 369 g/mol. The number of rotatable bonds is 4.